The van der Waals surface area contributed by atoms with Gasteiger partial charge in [0.1, 0.15) is 11.3 Å². The Bertz CT molecular complexity index is 673. The van der Waals surface area contributed by atoms with Gasteiger partial charge in [-0.15, -0.1) is 0 Å². The van der Waals surface area contributed by atoms with Gasteiger partial charge in [-0.3, -0.25) is 0 Å². The molecule has 0 saturated heterocycles. The van der Waals surface area contributed by atoms with Gasteiger partial charge in [-0.05, 0) is 47.2 Å². The van der Waals surface area contributed by atoms with Crippen LogP contribution in [0.15, 0.2) is 10.5 Å². The van der Waals surface area contributed by atoms with Gasteiger partial charge in [0.2, 0.25) is 0 Å². The molecule has 1 aromatic heterocycles. The van der Waals surface area contributed by atoms with E-state index in [0.29, 0.717) is 10.4 Å². The summed E-state index contributed by atoms with van der Waals surface area (Å²) in [6, 6.07) is 0.846. The fraction of sp³-hybridized carbons (Fsp3) is 0.357. The molecule has 0 bridgehead atoms. The van der Waals surface area contributed by atoms with Crippen molar-refractivity contribution in [2.24, 2.45) is 0 Å². The van der Waals surface area contributed by atoms with Crippen LogP contribution in [0.25, 0.3) is 10.9 Å². The Labute approximate surface area is 123 Å². The molecule has 0 unspecified atom stereocenters. The number of aromatic nitrogens is 1. The van der Waals surface area contributed by atoms with E-state index in [1.165, 1.54) is 0 Å². The fourth-order valence-corrected chi connectivity index (χ4v) is 3.61. The number of nitrogens with zero attached hydrogens (tertiary/aromatic N) is 1. The number of benzene rings is 1. The summed E-state index contributed by atoms with van der Waals surface area (Å²) >= 11 is 9.52. The van der Waals surface area contributed by atoms with Crippen LogP contribution in [0.3, 0.4) is 0 Å². The van der Waals surface area contributed by atoms with Gasteiger partial charge >= 0.3 is 0 Å². The summed E-state index contributed by atoms with van der Waals surface area (Å²) in [5, 5.41) is 0.784. The zero-order chi connectivity index (χ0) is 13.6. The van der Waals surface area contributed by atoms with Crippen LogP contribution in [-0.4, -0.2) is 4.98 Å². The van der Waals surface area contributed by atoms with Crippen LogP contribution in [-0.2, 0) is 12.8 Å². The zero-order valence-corrected chi connectivity index (χ0v) is 12.4. The molecular formula is C14H11BrClF2N. The molecule has 0 radical (unpaired) electrons. The lowest BCUT2D eigenvalue weighted by Crippen LogP contribution is -2.01. The van der Waals surface area contributed by atoms with Gasteiger partial charge in [0, 0.05) is 17.1 Å². The topological polar surface area (TPSA) is 12.9 Å². The predicted molar refractivity (Wildman–Crippen MR) is 75.6 cm³/mol. The number of rotatable bonds is 0. The molecule has 1 aliphatic rings. The molecule has 100 valence electrons. The van der Waals surface area contributed by atoms with E-state index >= 15 is 0 Å². The van der Waals surface area contributed by atoms with Gasteiger partial charge < -0.3 is 0 Å². The van der Waals surface area contributed by atoms with Gasteiger partial charge in [0.15, 0.2) is 5.82 Å². The zero-order valence-electron chi connectivity index (χ0n) is 10.1. The van der Waals surface area contributed by atoms with Crippen LogP contribution in [0.5, 0.6) is 0 Å². The SMILES string of the molecule is Fc1cc(F)c2nc3c(c(Cl)c2c1Br)CCCCC3. The van der Waals surface area contributed by atoms with Crippen molar-refractivity contribution >= 4 is 38.4 Å². The Kier molecular flexibility index (Phi) is 3.48. The standard InChI is InChI=1S/C14H11BrClF2N/c15-12-8(17)6-9(18)14-11(12)13(16)7-4-2-1-3-5-10(7)19-14/h6H,1-5H2. The lowest BCUT2D eigenvalue weighted by atomic mass is 10.0. The van der Waals surface area contributed by atoms with Gasteiger partial charge in [0.25, 0.3) is 0 Å². The van der Waals surface area contributed by atoms with Crippen LogP contribution in [0.4, 0.5) is 8.78 Å². The van der Waals surface area contributed by atoms with Crippen LogP contribution in [0.2, 0.25) is 5.02 Å². The van der Waals surface area contributed by atoms with Gasteiger partial charge in [-0.1, -0.05) is 18.0 Å². The third-order valence-corrected chi connectivity index (χ3v) is 4.76. The normalized spacial score (nSPS) is 15.4. The molecule has 0 saturated carbocycles. The third kappa shape index (κ3) is 2.15. The van der Waals surface area contributed by atoms with Crippen molar-refractivity contribution in [3.05, 3.63) is 38.5 Å². The number of hydrogen-bond acceptors (Lipinski definition) is 1. The molecule has 1 aliphatic carbocycles. The van der Waals surface area contributed by atoms with E-state index in [0.717, 1.165) is 49.4 Å². The van der Waals surface area contributed by atoms with Crippen molar-refractivity contribution in [2.45, 2.75) is 32.1 Å². The van der Waals surface area contributed by atoms with Crippen LogP contribution in [0, 0.1) is 11.6 Å². The first-order valence-electron chi connectivity index (χ1n) is 6.24. The highest BCUT2D eigenvalue weighted by Gasteiger charge is 2.21. The summed E-state index contributed by atoms with van der Waals surface area (Å²) in [6.07, 6.45) is 4.81. The van der Waals surface area contributed by atoms with Crippen molar-refractivity contribution in [3.8, 4) is 0 Å². The lowest BCUT2D eigenvalue weighted by Gasteiger charge is -2.13. The largest absolute Gasteiger partial charge is 0.249 e. The molecule has 0 aliphatic heterocycles. The van der Waals surface area contributed by atoms with E-state index in [1.54, 1.807) is 0 Å². The Morgan fingerprint density at radius 2 is 1.84 bits per heavy atom. The highest BCUT2D eigenvalue weighted by atomic mass is 79.9. The molecule has 3 rings (SSSR count). The second-order valence-electron chi connectivity index (χ2n) is 4.79. The molecule has 0 atom stereocenters. The van der Waals surface area contributed by atoms with Crippen molar-refractivity contribution in [3.63, 3.8) is 0 Å². The highest BCUT2D eigenvalue weighted by molar-refractivity contribution is 9.10. The van der Waals surface area contributed by atoms with E-state index in [1.807, 2.05) is 0 Å². The maximum Gasteiger partial charge on any atom is 0.152 e. The molecular weight excluding hydrogens is 336 g/mol. The van der Waals surface area contributed by atoms with Gasteiger partial charge in [0.05, 0.1) is 9.50 Å². The van der Waals surface area contributed by atoms with E-state index < -0.39 is 11.6 Å². The smallest absolute Gasteiger partial charge is 0.152 e. The second-order valence-corrected chi connectivity index (χ2v) is 5.96. The van der Waals surface area contributed by atoms with Crippen molar-refractivity contribution in [1.82, 2.24) is 4.98 Å². The monoisotopic (exact) mass is 345 g/mol. The predicted octanol–water partition coefficient (Wildman–Crippen LogP) is 5.20. The van der Waals surface area contributed by atoms with Crippen LogP contribution in [0.1, 0.15) is 30.5 Å². The van der Waals surface area contributed by atoms with Crippen LogP contribution >= 0.6 is 27.5 Å². The quantitative estimate of drug-likeness (QED) is 0.472. The molecule has 1 aromatic carbocycles. The molecule has 0 amide bonds. The Morgan fingerprint density at radius 3 is 2.63 bits per heavy atom. The van der Waals surface area contributed by atoms with Gasteiger partial charge in [-0.2, -0.15) is 0 Å². The number of aryl methyl sites for hydroxylation is 1. The Morgan fingerprint density at radius 1 is 1.11 bits per heavy atom. The van der Waals surface area contributed by atoms with Crippen molar-refractivity contribution < 1.29 is 8.78 Å². The number of pyridine rings is 1. The molecule has 2 aromatic rings. The summed E-state index contributed by atoms with van der Waals surface area (Å²) in [5.74, 6) is -1.31. The number of hydrogen-bond donors (Lipinski definition) is 0. The first-order chi connectivity index (χ1) is 9.09. The van der Waals surface area contributed by atoms with E-state index in [2.05, 4.69) is 20.9 Å². The Hall–Kier alpha value is -0.740. The molecule has 1 nitrogen and oxygen atoms in total. The first-order valence-corrected chi connectivity index (χ1v) is 7.41. The van der Waals surface area contributed by atoms with Crippen LogP contribution < -0.4 is 0 Å². The number of halogens is 4. The van der Waals surface area contributed by atoms with Gasteiger partial charge in [-0.25, -0.2) is 13.8 Å². The summed E-state index contributed by atoms with van der Waals surface area (Å²) < 4.78 is 27.7. The molecule has 0 N–H and O–H groups in total. The summed E-state index contributed by atoms with van der Waals surface area (Å²) in [4.78, 5) is 4.38. The maximum atomic E-state index is 13.9. The minimum atomic E-state index is -0.662. The lowest BCUT2D eigenvalue weighted by molar-refractivity contribution is 0.586. The van der Waals surface area contributed by atoms with E-state index in [9.17, 15) is 8.78 Å². The molecule has 0 fully saturated rings. The molecule has 5 heteroatoms. The molecule has 1 heterocycles. The summed E-state index contributed by atoms with van der Waals surface area (Å²) in [6.45, 7) is 0. The maximum absolute atomic E-state index is 13.9. The average molecular weight is 347 g/mol. The third-order valence-electron chi connectivity index (χ3n) is 3.57. The molecule has 0 spiro atoms. The number of fused-ring (bicyclic) bond motifs is 2. The fourth-order valence-electron chi connectivity index (χ4n) is 2.61. The summed E-state index contributed by atoms with van der Waals surface area (Å²) in [5.41, 5.74) is 1.95. The van der Waals surface area contributed by atoms with E-state index in [4.69, 9.17) is 11.6 Å². The first kappa shape index (κ1) is 13.3. The minimum absolute atomic E-state index is 0.152. The highest BCUT2D eigenvalue weighted by Crippen LogP contribution is 2.38. The molecule has 19 heavy (non-hydrogen) atoms. The second kappa shape index (κ2) is 4.98. The van der Waals surface area contributed by atoms with Crippen molar-refractivity contribution in [1.29, 1.82) is 0 Å². The minimum Gasteiger partial charge on any atom is -0.249 e. The van der Waals surface area contributed by atoms with E-state index in [-0.39, 0.29) is 9.99 Å². The van der Waals surface area contributed by atoms with Crippen molar-refractivity contribution in [2.75, 3.05) is 0 Å². The summed E-state index contributed by atoms with van der Waals surface area (Å²) in [7, 11) is 0. The average Bonchev–Trinajstić information content (AvgIpc) is 2.61. The Balaban J connectivity index is 2.41.